The number of thioether (sulfide) groups is 1. The van der Waals surface area contributed by atoms with Gasteiger partial charge in [-0.15, -0.1) is 10.2 Å². The van der Waals surface area contributed by atoms with Gasteiger partial charge in [0, 0.05) is 34.0 Å². The number of nitrogens with zero attached hydrogens (tertiary/aromatic N) is 3. The Morgan fingerprint density at radius 2 is 2.03 bits per heavy atom. The first-order valence-electron chi connectivity index (χ1n) is 10.9. The molecular weight excluding hydrogens is 538 g/mol. The van der Waals surface area contributed by atoms with Crippen molar-refractivity contribution < 1.29 is 18.3 Å². The van der Waals surface area contributed by atoms with Crippen molar-refractivity contribution in [1.29, 1.82) is 5.26 Å². The molecule has 0 bridgehead atoms. The lowest BCUT2D eigenvalue weighted by atomic mass is 10.1. The van der Waals surface area contributed by atoms with Crippen LogP contribution in [0, 0.1) is 17.1 Å². The van der Waals surface area contributed by atoms with Crippen molar-refractivity contribution in [2.24, 2.45) is 0 Å². The largest absolute Gasteiger partial charge is 0.453 e. The number of carbonyl (C=O) groups is 1. The number of rotatable bonds is 9. The Kier molecular flexibility index (Phi) is 8.66. The lowest BCUT2D eigenvalue weighted by molar-refractivity contribution is -0.115. The Morgan fingerprint density at radius 3 is 2.81 bits per heavy atom. The Bertz CT molecular complexity index is 1490. The van der Waals surface area contributed by atoms with E-state index in [1.54, 1.807) is 36.0 Å². The molecule has 7 nitrogen and oxygen atoms in total. The van der Waals surface area contributed by atoms with Crippen molar-refractivity contribution >= 4 is 46.6 Å². The molecule has 3 aromatic carbocycles. The van der Waals surface area contributed by atoms with E-state index in [1.807, 2.05) is 12.3 Å². The second-order valence-electron chi connectivity index (χ2n) is 7.79. The molecule has 0 spiro atoms. The Balaban J connectivity index is 1.52. The van der Waals surface area contributed by atoms with E-state index in [9.17, 15) is 4.79 Å². The summed E-state index contributed by atoms with van der Waals surface area (Å²) in [7, 11) is 0. The van der Waals surface area contributed by atoms with Crippen LogP contribution in [0.5, 0.6) is 11.5 Å². The molecule has 0 atom stereocenters. The summed E-state index contributed by atoms with van der Waals surface area (Å²) in [4.78, 5) is 12.0. The normalized spacial score (nSPS) is 10.7. The number of benzene rings is 3. The third kappa shape index (κ3) is 6.80. The van der Waals surface area contributed by atoms with Crippen LogP contribution < -0.4 is 10.1 Å². The van der Waals surface area contributed by atoms with Crippen molar-refractivity contribution in [3.8, 4) is 29.0 Å². The summed E-state index contributed by atoms with van der Waals surface area (Å²) >= 11 is 13.8. The summed E-state index contributed by atoms with van der Waals surface area (Å²) in [5, 5.41) is 20.4. The lowest BCUT2D eigenvalue weighted by Gasteiger charge is -2.12. The van der Waals surface area contributed by atoms with Crippen LogP contribution in [0.3, 0.4) is 0 Å². The van der Waals surface area contributed by atoms with Crippen LogP contribution in [0.2, 0.25) is 10.0 Å². The van der Waals surface area contributed by atoms with E-state index in [0.717, 1.165) is 5.75 Å². The standard InChI is InChI=1S/C26H19Cl2FN4O3S/c1-37-8-7-22(34)31-19-4-2-3-17(11-19)26-33-32-23(36-26)12-16-5-6-21(28)25(24(16)29)35-20-10-15(14-30)9-18(27)13-20/h2-6,9-11,13H,7-8,12H2,1H3,(H,31,34). The van der Waals surface area contributed by atoms with Gasteiger partial charge in [0.05, 0.1) is 23.1 Å². The second kappa shape index (κ2) is 12.1. The van der Waals surface area contributed by atoms with Gasteiger partial charge in [0.25, 0.3) is 0 Å². The van der Waals surface area contributed by atoms with Gasteiger partial charge in [-0.3, -0.25) is 4.79 Å². The quantitative estimate of drug-likeness (QED) is 0.234. The fraction of sp³-hybridized carbons (Fsp3) is 0.154. The first-order valence-corrected chi connectivity index (χ1v) is 13.1. The van der Waals surface area contributed by atoms with Crippen LogP contribution >= 0.6 is 35.0 Å². The summed E-state index contributed by atoms with van der Waals surface area (Å²) < 4.78 is 26.7. The molecule has 37 heavy (non-hydrogen) atoms. The molecule has 0 unspecified atom stereocenters. The first kappa shape index (κ1) is 26.5. The monoisotopic (exact) mass is 556 g/mol. The summed E-state index contributed by atoms with van der Waals surface area (Å²) in [6.45, 7) is 0. The number of nitriles is 1. The zero-order valence-electron chi connectivity index (χ0n) is 19.4. The van der Waals surface area contributed by atoms with Gasteiger partial charge in [0.15, 0.2) is 11.6 Å². The van der Waals surface area contributed by atoms with Gasteiger partial charge in [0.2, 0.25) is 17.7 Å². The van der Waals surface area contributed by atoms with Crippen molar-refractivity contribution in [3.05, 3.63) is 87.5 Å². The van der Waals surface area contributed by atoms with E-state index in [1.165, 1.54) is 30.3 Å². The maximum Gasteiger partial charge on any atom is 0.247 e. The lowest BCUT2D eigenvalue weighted by Crippen LogP contribution is -2.12. The van der Waals surface area contributed by atoms with E-state index in [0.29, 0.717) is 17.7 Å². The molecule has 1 heterocycles. The number of aromatic nitrogens is 2. The average Bonchev–Trinajstić information content (AvgIpc) is 3.35. The van der Waals surface area contributed by atoms with Crippen LogP contribution in [0.1, 0.15) is 23.4 Å². The van der Waals surface area contributed by atoms with E-state index < -0.39 is 5.82 Å². The average molecular weight is 557 g/mol. The minimum Gasteiger partial charge on any atom is -0.453 e. The van der Waals surface area contributed by atoms with Gasteiger partial charge in [-0.1, -0.05) is 35.3 Å². The number of hydrogen-bond acceptors (Lipinski definition) is 7. The number of carbonyl (C=O) groups excluding carboxylic acids is 1. The van der Waals surface area contributed by atoms with Gasteiger partial charge in [-0.2, -0.15) is 17.0 Å². The highest BCUT2D eigenvalue weighted by molar-refractivity contribution is 7.98. The second-order valence-corrected chi connectivity index (χ2v) is 9.62. The van der Waals surface area contributed by atoms with Gasteiger partial charge >= 0.3 is 0 Å². The Morgan fingerprint density at radius 1 is 1.19 bits per heavy atom. The molecule has 11 heteroatoms. The maximum absolute atomic E-state index is 15.3. The predicted molar refractivity (Wildman–Crippen MR) is 142 cm³/mol. The number of hydrogen-bond donors (Lipinski definition) is 1. The van der Waals surface area contributed by atoms with Gasteiger partial charge in [-0.25, -0.2) is 4.39 Å². The molecule has 1 aromatic heterocycles. The Labute approximate surface area is 226 Å². The molecule has 1 N–H and O–H groups in total. The molecule has 0 aliphatic carbocycles. The molecule has 0 saturated heterocycles. The van der Waals surface area contributed by atoms with Gasteiger partial charge in [0.1, 0.15) is 5.75 Å². The number of anilines is 1. The summed E-state index contributed by atoms with van der Waals surface area (Å²) in [5.74, 6) is 0.288. The predicted octanol–water partition coefficient (Wildman–Crippen LogP) is 7.13. The highest BCUT2D eigenvalue weighted by Crippen LogP contribution is 2.36. The van der Waals surface area contributed by atoms with Crippen LogP contribution in [0.15, 0.2) is 59.0 Å². The molecule has 4 aromatic rings. The van der Waals surface area contributed by atoms with Crippen molar-refractivity contribution in [3.63, 3.8) is 0 Å². The molecular formula is C26H19Cl2FN4O3S. The smallest absolute Gasteiger partial charge is 0.247 e. The van der Waals surface area contributed by atoms with E-state index >= 15 is 4.39 Å². The molecule has 0 fully saturated rings. The minimum absolute atomic E-state index is 0.0174. The fourth-order valence-corrected chi connectivity index (χ4v) is 4.16. The Hall–Kier alpha value is -3.58. The SMILES string of the molecule is CSCCC(=O)Nc1cccc(-c2nnc(Cc3ccc(Cl)c(Oc4cc(Cl)cc(C#N)c4)c3F)o2)c1. The maximum atomic E-state index is 15.3. The topological polar surface area (TPSA) is 101 Å². The van der Waals surface area contributed by atoms with Crippen molar-refractivity contribution in [1.82, 2.24) is 10.2 Å². The fourth-order valence-electron chi connectivity index (χ4n) is 3.36. The highest BCUT2D eigenvalue weighted by atomic mass is 35.5. The summed E-state index contributed by atoms with van der Waals surface area (Å²) in [6, 6.07) is 16.3. The van der Waals surface area contributed by atoms with E-state index in [-0.39, 0.29) is 56.8 Å². The number of nitrogens with one attached hydrogen (secondary N) is 1. The van der Waals surface area contributed by atoms with Crippen LogP contribution in [0.4, 0.5) is 10.1 Å². The van der Waals surface area contributed by atoms with Crippen LogP contribution in [0.25, 0.3) is 11.5 Å². The number of ether oxygens (including phenoxy) is 1. The highest BCUT2D eigenvalue weighted by Gasteiger charge is 2.18. The van der Waals surface area contributed by atoms with E-state index in [2.05, 4.69) is 15.5 Å². The third-order valence-electron chi connectivity index (χ3n) is 5.08. The molecule has 0 aliphatic rings. The molecule has 0 aliphatic heterocycles. The molecule has 4 rings (SSSR count). The van der Waals surface area contributed by atoms with Crippen LogP contribution in [-0.2, 0) is 11.2 Å². The first-order chi connectivity index (χ1) is 17.9. The molecule has 0 radical (unpaired) electrons. The summed E-state index contributed by atoms with van der Waals surface area (Å²) in [6.07, 6.45) is 2.33. The molecule has 0 saturated carbocycles. The third-order valence-corrected chi connectivity index (χ3v) is 6.21. The van der Waals surface area contributed by atoms with Crippen LogP contribution in [-0.4, -0.2) is 28.1 Å². The number of halogens is 3. The molecule has 1 amide bonds. The zero-order chi connectivity index (χ0) is 26.4. The van der Waals surface area contributed by atoms with Crippen molar-refractivity contribution in [2.75, 3.05) is 17.3 Å². The molecule has 188 valence electrons. The summed E-state index contributed by atoms with van der Waals surface area (Å²) in [5.41, 5.74) is 1.69. The van der Waals surface area contributed by atoms with Gasteiger partial charge in [-0.05, 0) is 48.7 Å². The number of amides is 1. The van der Waals surface area contributed by atoms with Gasteiger partial charge < -0.3 is 14.5 Å². The minimum atomic E-state index is -0.708. The zero-order valence-corrected chi connectivity index (χ0v) is 21.8. The van der Waals surface area contributed by atoms with Crippen molar-refractivity contribution in [2.45, 2.75) is 12.8 Å². The van der Waals surface area contributed by atoms with E-state index in [4.69, 9.17) is 37.6 Å².